The van der Waals surface area contributed by atoms with Crippen molar-refractivity contribution >= 4 is 15.7 Å². The maximum absolute atomic E-state index is 12.6. The van der Waals surface area contributed by atoms with Gasteiger partial charge in [0.1, 0.15) is 0 Å². The van der Waals surface area contributed by atoms with Gasteiger partial charge in [0.2, 0.25) is 10.0 Å². The third-order valence-corrected chi connectivity index (χ3v) is 6.00. The summed E-state index contributed by atoms with van der Waals surface area (Å²) in [7, 11) is -3.51. The average molecular weight is 311 g/mol. The SMILES string of the molecule is Cc1cc(N)c(C)c(S(=O)(=O)NCCN2CCCC2)c1C. The van der Waals surface area contributed by atoms with E-state index in [0.717, 1.165) is 30.8 Å². The van der Waals surface area contributed by atoms with Crippen LogP contribution in [0.2, 0.25) is 0 Å². The Morgan fingerprint density at radius 2 is 1.81 bits per heavy atom. The molecule has 0 spiro atoms. The predicted molar refractivity (Wildman–Crippen MR) is 85.9 cm³/mol. The van der Waals surface area contributed by atoms with E-state index in [-0.39, 0.29) is 0 Å². The summed E-state index contributed by atoms with van der Waals surface area (Å²) in [5.74, 6) is 0. The highest BCUT2D eigenvalue weighted by molar-refractivity contribution is 7.89. The Morgan fingerprint density at radius 1 is 1.19 bits per heavy atom. The molecular weight excluding hydrogens is 286 g/mol. The Labute approximate surface area is 127 Å². The van der Waals surface area contributed by atoms with Crippen LogP contribution >= 0.6 is 0 Å². The van der Waals surface area contributed by atoms with Crippen LogP contribution in [0.25, 0.3) is 0 Å². The number of rotatable bonds is 5. The van der Waals surface area contributed by atoms with Crippen LogP contribution in [0.3, 0.4) is 0 Å². The van der Waals surface area contributed by atoms with E-state index in [9.17, 15) is 8.42 Å². The first-order valence-corrected chi connectivity index (χ1v) is 8.89. The Bertz CT molecular complexity index is 594. The Morgan fingerprint density at radius 3 is 2.43 bits per heavy atom. The number of hydrogen-bond donors (Lipinski definition) is 2. The molecule has 1 aliphatic heterocycles. The fraction of sp³-hybridized carbons (Fsp3) is 0.600. The van der Waals surface area contributed by atoms with Gasteiger partial charge in [0.25, 0.3) is 0 Å². The quantitative estimate of drug-likeness (QED) is 0.809. The molecule has 1 saturated heterocycles. The standard InChI is InChI=1S/C15H25N3O2S/c1-11-10-14(16)13(3)15(12(11)2)21(19,20)17-6-9-18-7-4-5-8-18/h10,17H,4-9,16H2,1-3H3. The normalized spacial score (nSPS) is 16.5. The lowest BCUT2D eigenvalue weighted by molar-refractivity contribution is 0.344. The van der Waals surface area contributed by atoms with Crippen LogP contribution < -0.4 is 10.5 Å². The summed E-state index contributed by atoms with van der Waals surface area (Å²) in [6.07, 6.45) is 2.42. The third-order valence-electron chi connectivity index (χ3n) is 4.27. The van der Waals surface area contributed by atoms with Gasteiger partial charge in [-0.15, -0.1) is 0 Å². The van der Waals surface area contributed by atoms with Crippen molar-refractivity contribution in [2.75, 3.05) is 31.9 Å². The van der Waals surface area contributed by atoms with E-state index in [1.807, 2.05) is 19.9 Å². The number of nitrogens with one attached hydrogen (secondary N) is 1. The molecule has 2 rings (SSSR count). The van der Waals surface area contributed by atoms with Gasteiger partial charge in [0, 0.05) is 18.8 Å². The number of benzene rings is 1. The Balaban J connectivity index is 2.15. The maximum Gasteiger partial charge on any atom is 0.241 e. The number of nitrogens with two attached hydrogens (primary N) is 1. The highest BCUT2D eigenvalue weighted by Gasteiger charge is 2.22. The molecule has 3 N–H and O–H groups in total. The molecule has 1 heterocycles. The number of nitrogens with zero attached hydrogens (tertiary/aromatic N) is 1. The summed E-state index contributed by atoms with van der Waals surface area (Å²) < 4.78 is 27.8. The second-order valence-corrected chi connectivity index (χ2v) is 7.51. The molecule has 0 aliphatic carbocycles. The fourth-order valence-corrected chi connectivity index (χ4v) is 4.45. The minimum absolute atomic E-state index is 0.335. The van der Waals surface area contributed by atoms with Crippen LogP contribution in [0.15, 0.2) is 11.0 Å². The van der Waals surface area contributed by atoms with E-state index in [1.165, 1.54) is 12.8 Å². The topological polar surface area (TPSA) is 75.4 Å². The molecule has 0 radical (unpaired) electrons. The number of anilines is 1. The number of aryl methyl sites for hydroxylation is 1. The summed E-state index contributed by atoms with van der Waals surface area (Å²) in [4.78, 5) is 2.62. The van der Waals surface area contributed by atoms with E-state index < -0.39 is 10.0 Å². The van der Waals surface area contributed by atoms with Gasteiger partial charge < -0.3 is 10.6 Å². The first-order chi connectivity index (χ1) is 9.83. The molecule has 0 aromatic heterocycles. The molecule has 21 heavy (non-hydrogen) atoms. The second kappa shape index (κ2) is 6.34. The molecule has 118 valence electrons. The fourth-order valence-electron chi connectivity index (χ4n) is 2.86. The summed E-state index contributed by atoms with van der Waals surface area (Å²) in [5, 5.41) is 0. The minimum Gasteiger partial charge on any atom is -0.398 e. The zero-order valence-electron chi connectivity index (χ0n) is 13.1. The summed E-state index contributed by atoms with van der Waals surface area (Å²) in [6, 6.07) is 1.83. The molecule has 1 aliphatic rings. The first-order valence-electron chi connectivity index (χ1n) is 7.41. The Kier molecular flexibility index (Phi) is 4.91. The maximum atomic E-state index is 12.6. The molecule has 1 aromatic rings. The lowest BCUT2D eigenvalue weighted by Gasteiger charge is -2.18. The van der Waals surface area contributed by atoms with E-state index in [0.29, 0.717) is 22.7 Å². The smallest absolute Gasteiger partial charge is 0.241 e. The monoisotopic (exact) mass is 311 g/mol. The van der Waals surface area contributed by atoms with Crippen molar-refractivity contribution in [1.29, 1.82) is 0 Å². The van der Waals surface area contributed by atoms with Gasteiger partial charge in [-0.3, -0.25) is 0 Å². The molecule has 5 nitrogen and oxygen atoms in total. The first kappa shape index (κ1) is 16.3. The van der Waals surface area contributed by atoms with Crippen LogP contribution in [0.5, 0.6) is 0 Å². The van der Waals surface area contributed by atoms with E-state index in [2.05, 4.69) is 9.62 Å². The zero-order chi connectivity index (χ0) is 15.6. The van der Waals surface area contributed by atoms with E-state index >= 15 is 0 Å². The van der Waals surface area contributed by atoms with Crippen molar-refractivity contribution in [3.63, 3.8) is 0 Å². The highest BCUT2D eigenvalue weighted by atomic mass is 32.2. The molecule has 6 heteroatoms. The lowest BCUT2D eigenvalue weighted by atomic mass is 10.1. The zero-order valence-corrected chi connectivity index (χ0v) is 13.9. The Hall–Kier alpha value is -1.11. The third kappa shape index (κ3) is 3.56. The predicted octanol–water partition coefficient (Wildman–Crippen LogP) is 1.57. The van der Waals surface area contributed by atoms with Gasteiger partial charge in [-0.05, 0) is 69.5 Å². The van der Waals surface area contributed by atoms with Gasteiger partial charge in [0.05, 0.1) is 4.90 Å². The van der Waals surface area contributed by atoms with Gasteiger partial charge in [0.15, 0.2) is 0 Å². The van der Waals surface area contributed by atoms with E-state index in [4.69, 9.17) is 5.73 Å². The molecule has 0 bridgehead atoms. The van der Waals surface area contributed by atoms with Crippen molar-refractivity contribution < 1.29 is 8.42 Å². The summed E-state index contributed by atoms with van der Waals surface area (Å²) in [6.45, 7) is 8.81. The van der Waals surface area contributed by atoms with Crippen molar-refractivity contribution in [1.82, 2.24) is 9.62 Å². The van der Waals surface area contributed by atoms with Crippen LogP contribution in [-0.2, 0) is 10.0 Å². The number of likely N-dealkylation sites (tertiary alicyclic amines) is 1. The molecule has 0 saturated carbocycles. The molecule has 0 amide bonds. The molecule has 1 fully saturated rings. The van der Waals surface area contributed by atoms with Crippen molar-refractivity contribution in [2.45, 2.75) is 38.5 Å². The average Bonchev–Trinajstić information content (AvgIpc) is 2.89. The number of sulfonamides is 1. The van der Waals surface area contributed by atoms with Gasteiger partial charge >= 0.3 is 0 Å². The second-order valence-electron chi connectivity index (χ2n) is 5.81. The molecule has 0 atom stereocenters. The number of hydrogen-bond acceptors (Lipinski definition) is 4. The summed E-state index contributed by atoms with van der Waals surface area (Å²) in [5.41, 5.74) is 8.75. The molecule has 0 unspecified atom stereocenters. The van der Waals surface area contributed by atoms with Crippen LogP contribution in [0.1, 0.15) is 29.5 Å². The number of nitrogen functional groups attached to an aromatic ring is 1. The molecule has 1 aromatic carbocycles. The van der Waals surface area contributed by atoms with Crippen LogP contribution in [-0.4, -0.2) is 39.5 Å². The van der Waals surface area contributed by atoms with Crippen LogP contribution in [0, 0.1) is 20.8 Å². The summed E-state index contributed by atoms with van der Waals surface area (Å²) >= 11 is 0. The van der Waals surface area contributed by atoms with Crippen molar-refractivity contribution in [2.24, 2.45) is 0 Å². The van der Waals surface area contributed by atoms with Crippen molar-refractivity contribution in [3.05, 3.63) is 22.8 Å². The van der Waals surface area contributed by atoms with Gasteiger partial charge in [-0.2, -0.15) is 0 Å². The lowest BCUT2D eigenvalue weighted by Crippen LogP contribution is -2.34. The van der Waals surface area contributed by atoms with Crippen molar-refractivity contribution in [3.8, 4) is 0 Å². The van der Waals surface area contributed by atoms with Gasteiger partial charge in [-0.1, -0.05) is 0 Å². The van der Waals surface area contributed by atoms with Crippen LogP contribution in [0.4, 0.5) is 5.69 Å². The largest absolute Gasteiger partial charge is 0.398 e. The minimum atomic E-state index is -3.51. The van der Waals surface area contributed by atoms with Gasteiger partial charge in [-0.25, -0.2) is 13.1 Å². The molecular formula is C15H25N3O2S. The highest BCUT2D eigenvalue weighted by Crippen LogP contribution is 2.27. The van der Waals surface area contributed by atoms with E-state index in [1.54, 1.807) is 6.92 Å².